The van der Waals surface area contributed by atoms with E-state index < -0.39 is 41.5 Å². The first kappa shape index (κ1) is 22.4. The van der Waals surface area contributed by atoms with Crippen LogP contribution in [0.5, 0.6) is 5.75 Å². The van der Waals surface area contributed by atoms with Crippen LogP contribution in [0.1, 0.15) is 35.6 Å². The molecule has 1 aliphatic rings. The SMILES string of the molecule is CN([C@@H]1CCCc2c(OCC(=O)O)cccc21)[S+](O)c1cc(F)cc(C(F)(F)F)c1. The first-order valence-electron chi connectivity index (χ1n) is 9.08. The second-order valence-corrected chi connectivity index (χ2v) is 8.47. The molecule has 2 atom stereocenters. The Kier molecular flexibility index (Phi) is 6.59. The molecular weight excluding hydrogens is 426 g/mol. The number of hydrogen-bond donors (Lipinski definition) is 2. The molecule has 3 rings (SSSR count). The zero-order valence-corrected chi connectivity index (χ0v) is 16.8. The molecule has 2 aromatic carbocycles. The lowest BCUT2D eigenvalue weighted by molar-refractivity contribution is -0.139. The van der Waals surface area contributed by atoms with E-state index in [1.54, 1.807) is 19.2 Å². The molecule has 0 aliphatic heterocycles. The quantitative estimate of drug-likeness (QED) is 0.498. The maximum absolute atomic E-state index is 13.8. The van der Waals surface area contributed by atoms with Crippen molar-refractivity contribution in [2.75, 3.05) is 13.7 Å². The van der Waals surface area contributed by atoms with Gasteiger partial charge in [0.15, 0.2) is 6.61 Å². The molecule has 30 heavy (non-hydrogen) atoms. The van der Waals surface area contributed by atoms with E-state index in [1.165, 1.54) is 4.31 Å². The lowest BCUT2D eigenvalue weighted by Gasteiger charge is -2.30. The van der Waals surface area contributed by atoms with E-state index in [-0.39, 0.29) is 10.9 Å². The number of nitrogens with zero attached hydrogens (tertiary/aromatic N) is 1. The Morgan fingerprint density at radius 1 is 1.30 bits per heavy atom. The van der Waals surface area contributed by atoms with E-state index in [0.29, 0.717) is 31.1 Å². The number of carboxylic acids is 1. The van der Waals surface area contributed by atoms with Gasteiger partial charge in [-0.15, -0.1) is 0 Å². The molecule has 0 heterocycles. The van der Waals surface area contributed by atoms with Crippen LogP contribution < -0.4 is 4.74 Å². The van der Waals surface area contributed by atoms with Crippen molar-refractivity contribution >= 4 is 17.3 Å². The highest BCUT2D eigenvalue weighted by atomic mass is 32.2. The molecule has 0 saturated carbocycles. The minimum atomic E-state index is -4.73. The Morgan fingerprint density at radius 3 is 2.70 bits per heavy atom. The molecule has 0 aromatic heterocycles. The van der Waals surface area contributed by atoms with Crippen molar-refractivity contribution in [2.45, 2.75) is 36.4 Å². The maximum Gasteiger partial charge on any atom is 0.416 e. The maximum atomic E-state index is 13.8. The van der Waals surface area contributed by atoms with Crippen LogP contribution in [0.15, 0.2) is 41.3 Å². The van der Waals surface area contributed by atoms with Gasteiger partial charge in [0.2, 0.25) is 4.90 Å². The highest BCUT2D eigenvalue weighted by Crippen LogP contribution is 2.40. The first-order chi connectivity index (χ1) is 14.1. The van der Waals surface area contributed by atoms with Gasteiger partial charge in [-0.3, -0.25) is 0 Å². The van der Waals surface area contributed by atoms with Crippen LogP contribution in [-0.4, -0.2) is 33.6 Å². The summed E-state index contributed by atoms with van der Waals surface area (Å²) in [7, 11) is 1.56. The van der Waals surface area contributed by atoms with Crippen molar-refractivity contribution in [2.24, 2.45) is 0 Å². The van der Waals surface area contributed by atoms with Gasteiger partial charge in [0.25, 0.3) is 11.4 Å². The second kappa shape index (κ2) is 8.83. The van der Waals surface area contributed by atoms with E-state index in [1.807, 2.05) is 6.07 Å². The zero-order valence-electron chi connectivity index (χ0n) is 15.9. The van der Waals surface area contributed by atoms with Crippen LogP contribution >= 0.6 is 0 Å². The number of carbonyl (C=O) groups is 1. The summed E-state index contributed by atoms with van der Waals surface area (Å²) in [5.74, 6) is -1.76. The van der Waals surface area contributed by atoms with Crippen LogP contribution in [0.4, 0.5) is 17.6 Å². The molecule has 0 radical (unpaired) electrons. The van der Waals surface area contributed by atoms with Crippen LogP contribution in [0.25, 0.3) is 0 Å². The summed E-state index contributed by atoms with van der Waals surface area (Å²) in [5.41, 5.74) is 0.436. The molecule has 0 spiro atoms. The minimum absolute atomic E-state index is 0.171. The van der Waals surface area contributed by atoms with E-state index in [2.05, 4.69) is 0 Å². The predicted octanol–water partition coefficient (Wildman–Crippen LogP) is 4.68. The number of rotatable bonds is 6. The highest BCUT2D eigenvalue weighted by molar-refractivity contribution is 7.89. The predicted molar refractivity (Wildman–Crippen MR) is 103 cm³/mol. The standard InChI is InChI=1S/C20H19F4NO4S/c1-25(30(28)14-9-12(20(22,23)24)8-13(21)10-14)17-6-2-5-16-15(17)4-3-7-18(16)29-11-19(26)27/h3-4,7-10,17,28H,2,5-6,11H2,1H3/p+1/t17-,30?/m1/s1. The summed E-state index contributed by atoms with van der Waals surface area (Å²) in [5, 5.41) is 8.84. The smallest absolute Gasteiger partial charge is 0.416 e. The molecule has 0 bridgehead atoms. The molecule has 2 aromatic rings. The zero-order chi connectivity index (χ0) is 22.1. The Labute approximate surface area is 173 Å². The number of halogens is 4. The van der Waals surface area contributed by atoms with Crippen molar-refractivity contribution < 1.29 is 36.8 Å². The lowest BCUT2D eigenvalue weighted by atomic mass is 9.87. The summed E-state index contributed by atoms with van der Waals surface area (Å²) >= 11 is -1.80. The van der Waals surface area contributed by atoms with Crippen LogP contribution in [-0.2, 0) is 28.8 Å². The molecule has 162 valence electrons. The summed E-state index contributed by atoms with van der Waals surface area (Å²) in [6.07, 6.45) is -2.75. The first-order valence-corrected chi connectivity index (χ1v) is 10.2. The Balaban J connectivity index is 1.90. The number of benzene rings is 2. The molecule has 5 nitrogen and oxygen atoms in total. The molecule has 1 aliphatic carbocycles. The summed E-state index contributed by atoms with van der Waals surface area (Å²) in [4.78, 5) is 10.6. The largest absolute Gasteiger partial charge is 0.482 e. The van der Waals surface area contributed by atoms with Gasteiger partial charge in [0, 0.05) is 19.2 Å². The van der Waals surface area contributed by atoms with Crippen molar-refractivity contribution in [3.63, 3.8) is 0 Å². The Bertz CT molecular complexity index is 938. The number of fused-ring (bicyclic) bond motifs is 1. The van der Waals surface area contributed by atoms with Gasteiger partial charge < -0.3 is 9.84 Å². The molecule has 0 amide bonds. The van der Waals surface area contributed by atoms with Gasteiger partial charge in [-0.1, -0.05) is 16.4 Å². The van der Waals surface area contributed by atoms with Crippen molar-refractivity contribution in [3.8, 4) is 5.75 Å². The van der Waals surface area contributed by atoms with E-state index in [0.717, 1.165) is 23.3 Å². The Morgan fingerprint density at radius 2 is 2.03 bits per heavy atom. The number of carboxylic acid groups (broad SMARTS) is 1. The third kappa shape index (κ3) is 4.88. The Hall–Kier alpha value is -2.30. The number of alkyl halides is 3. The lowest BCUT2D eigenvalue weighted by Crippen LogP contribution is -2.33. The fraction of sp³-hybridized carbons (Fsp3) is 0.350. The average Bonchev–Trinajstić information content (AvgIpc) is 2.69. The molecule has 1 unspecified atom stereocenters. The summed E-state index contributed by atoms with van der Waals surface area (Å²) in [6, 6.07) is 6.85. The van der Waals surface area contributed by atoms with E-state index in [9.17, 15) is 26.9 Å². The fourth-order valence-electron chi connectivity index (χ4n) is 3.56. The highest BCUT2D eigenvalue weighted by Gasteiger charge is 2.40. The topological polar surface area (TPSA) is 70.0 Å². The van der Waals surface area contributed by atoms with E-state index >= 15 is 0 Å². The average molecular weight is 446 g/mol. The molecule has 10 heteroatoms. The van der Waals surface area contributed by atoms with Gasteiger partial charge in [0.1, 0.15) is 11.6 Å². The van der Waals surface area contributed by atoms with Crippen molar-refractivity contribution in [1.29, 1.82) is 0 Å². The second-order valence-electron chi connectivity index (χ2n) is 6.90. The molecule has 0 saturated heterocycles. The van der Waals surface area contributed by atoms with Gasteiger partial charge in [0.05, 0.1) is 11.6 Å². The van der Waals surface area contributed by atoms with Gasteiger partial charge in [-0.2, -0.15) is 17.7 Å². The van der Waals surface area contributed by atoms with Gasteiger partial charge in [-0.05, 0) is 42.5 Å². The van der Waals surface area contributed by atoms with Crippen LogP contribution in [0, 0.1) is 5.82 Å². The third-order valence-corrected chi connectivity index (χ3v) is 6.36. The number of ether oxygens (including phenoxy) is 1. The summed E-state index contributed by atoms with van der Waals surface area (Å²) in [6.45, 7) is -0.495. The third-order valence-electron chi connectivity index (χ3n) is 4.90. The minimum Gasteiger partial charge on any atom is -0.482 e. The summed E-state index contributed by atoms with van der Waals surface area (Å²) < 4.78 is 70.4. The normalized spacial score (nSPS) is 17.5. The molecule has 0 fully saturated rings. The van der Waals surface area contributed by atoms with Crippen LogP contribution in [0.2, 0.25) is 0 Å². The van der Waals surface area contributed by atoms with Crippen LogP contribution in [0.3, 0.4) is 0 Å². The monoisotopic (exact) mass is 446 g/mol. The molecular formula is C20H20F4NO4S+. The van der Waals surface area contributed by atoms with E-state index in [4.69, 9.17) is 9.84 Å². The van der Waals surface area contributed by atoms with Gasteiger partial charge >= 0.3 is 12.1 Å². The number of aliphatic carboxylic acids is 1. The number of hydrogen-bond acceptors (Lipinski definition) is 4. The fourth-order valence-corrected chi connectivity index (χ4v) is 4.80. The van der Waals surface area contributed by atoms with Gasteiger partial charge in [-0.25, -0.2) is 9.18 Å². The van der Waals surface area contributed by atoms with Crippen molar-refractivity contribution in [1.82, 2.24) is 4.31 Å². The molecule has 2 N–H and O–H groups in total. The van der Waals surface area contributed by atoms with Crippen molar-refractivity contribution in [3.05, 3.63) is 58.9 Å².